The van der Waals surface area contributed by atoms with Crippen LogP contribution in [-0.2, 0) is 9.53 Å². The number of halogens is 3. The summed E-state index contributed by atoms with van der Waals surface area (Å²) < 4.78 is 18.8. The van der Waals surface area contributed by atoms with Crippen LogP contribution in [0.5, 0.6) is 0 Å². The average Bonchev–Trinajstić information content (AvgIpc) is 2.81. The Morgan fingerprint density at radius 3 is 2.39 bits per heavy atom. The SMILES string of the molecule is CC1=C(C(=O)N2CCN(c3ccc(F)cc3)CC2)C(c2ccc(Cl)c(Cl)c2)C(C#N)=C(N)O1. The Balaban J connectivity index is 1.61. The highest BCUT2D eigenvalue weighted by Gasteiger charge is 2.38. The molecule has 1 fully saturated rings. The molecule has 2 N–H and O–H groups in total. The second-order valence-electron chi connectivity index (χ2n) is 7.82. The number of nitrogens with zero attached hydrogens (tertiary/aromatic N) is 3. The van der Waals surface area contributed by atoms with Gasteiger partial charge < -0.3 is 20.3 Å². The predicted molar refractivity (Wildman–Crippen MR) is 125 cm³/mol. The molecule has 170 valence electrons. The molecule has 2 aliphatic heterocycles. The molecule has 33 heavy (non-hydrogen) atoms. The van der Waals surface area contributed by atoms with Crippen LogP contribution in [0.25, 0.3) is 0 Å². The first-order valence-electron chi connectivity index (χ1n) is 10.3. The molecule has 2 aromatic carbocycles. The molecule has 0 spiro atoms. The van der Waals surface area contributed by atoms with Crippen molar-refractivity contribution in [1.82, 2.24) is 4.90 Å². The predicted octanol–water partition coefficient (Wildman–Crippen LogP) is 4.56. The van der Waals surface area contributed by atoms with Gasteiger partial charge in [0.05, 0.1) is 21.5 Å². The van der Waals surface area contributed by atoms with Crippen LogP contribution in [0.3, 0.4) is 0 Å². The third-order valence-corrected chi connectivity index (χ3v) is 6.61. The highest BCUT2D eigenvalue weighted by molar-refractivity contribution is 6.42. The molecule has 0 aliphatic carbocycles. The fourth-order valence-electron chi connectivity index (χ4n) is 4.17. The van der Waals surface area contributed by atoms with Gasteiger partial charge in [-0.05, 0) is 48.9 Å². The minimum absolute atomic E-state index is 0.0382. The summed E-state index contributed by atoms with van der Waals surface area (Å²) >= 11 is 12.3. The van der Waals surface area contributed by atoms with Crippen molar-refractivity contribution in [3.05, 3.63) is 86.7 Å². The Morgan fingerprint density at radius 2 is 1.79 bits per heavy atom. The Morgan fingerprint density at radius 1 is 1.12 bits per heavy atom. The Bertz CT molecular complexity index is 1200. The maximum absolute atomic E-state index is 13.6. The van der Waals surface area contributed by atoms with Gasteiger partial charge in [0.25, 0.3) is 5.91 Å². The van der Waals surface area contributed by atoms with Gasteiger partial charge in [0.15, 0.2) is 0 Å². The summed E-state index contributed by atoms with van der Waals surface area (Å²) in [5, 5.41) is 10.5. The van der Waals surface area contributed by atoms with Gasteiger partial charge in [0.1, 0.15) is 23.2 Å². The number of rotatable bonds is 3. The van der Waals surface area contributed by atoms with Crippen LogP contribution in [0, 0.1) is 17.1 Å². The Labute approximate surface area is 201 Å². The summed E-state index contributed by atoms with van der Waals surface area (Å²) in [5.41, 5.74) is 8.00. The van der Waals surface area contributed by atoms with E-state index in [1.165, 1.54) is 12.1 Å². The average molecular weight is 487 g/mol. The molecule has 1 amide bonds. The van der Waals surface area contributed by atoms with Crippen molar-refractivity contribution in [2.45, 2.75) is 12.8 Å². The number of carbonyl (C=O) groups excluding carboxylic acids is 1. The van der Waals surface area contributed by atoms with Crippen molar-refractivity contribution in [1.29, 1.82) is 5.26 Å². The summed E-state index contributed by atoms with van der Waals surface area (Å²) in [6, 6.07) is 13.4. The first-order valence-corrected chi connectivity index (χ1v) is 11.1. The molecule has 1 atom stereocenters. The van der Waals surface area contributed by atoms with Crippen LogP contribution in [0.4, 0.5) is 10.1 Å². The van der Waals surface area contributed by atoms with Crippen LogP contribution >= 0.6 is 23.2 Å². The standard InChI is InChI=1S/C24H21Cl2FN4O2/c1-14-21(22(18(13-28)23(29)33-14)15-2-7-19(25)20(26)12-15)24(32)31-10-8-30(9-11-31)17-5-3-16(27)4-6-17/h2-7,12,22H,8-11,29H2,1H3. The molecule has 0 saturated carbocycles. The number of hydrogen-bond acceptors (Lipinski definition) is 5. The normalized spacial score (nSPS) is 18.8. The van der Waals surface area contributed by atoms with Crippen molar-refractivity contribution in [3.8, 4) is 6.07 Å². The number of ether oxygens (including phenoxy) is 1. The number of benzene rings is 2. The zero-order chi connectivity index (χ0) is 23.7. The monoisotopic (exact) mass is 486 g/mol. The molecule has 2 aliphatic rings. The third-order valence-electron chi connectivity index (χ3n) is 5.87. The zero-order valence-electron chi connectivity index (χ0n) is 17.8. The number of hydrogen-bond donors (Lipinski definition) is 1. The first-order chi connectivity index (χ1) is 15.8. The van der Waals surface area contributed by atoms with Crippen molar-refractivity contribution >= 4 is 34.8 Å². The van der Waals surface area contributed by atoms with E-state index in [0.717, 1.165) is 5.69 Å². The van der Waals surface area contributed by atoms with E-state index in [-0.39, 0.29) is 23.2 Å². The van der Waals surface area contributed by atoms with Crippen LogP contribution in [0.2, 0.25) is 10.0 Å². The van der Waals surface area contributed by atoms with Gasteiger partial charge in [-0.15, -0.1) is 0 Å². The third kappa shape index (κ3) is 4.50. The zero-order valence-corrected chi connectivity index (χ0v) is 19.3. The molecule has 0 aromatic heterocycles. The van der Waals surface area contributed by atoms with Crippen molar-refractivity contribution in [2.24, 2.45) is 5.73 Å². The second-order valence-corrected chi connectivity index (χ2v) is 8.64. The van der Waals surface area contributed by atoms with E-state index in [0.29, 0.717) is 53.1 Å². The Hall–Kier alpha value is -3.21. The van der Waals surface area contributed by atoms with E-state index in [1.54, 1.807) is 42.2 Å². The van der Waals surface area contributed by atoms with E-state index < -0.39 is 5.92 Å². The van der Waals surface area contributed by atoms with Gasteiger partial charge >= 0.3 is 0 Å². The van der Waals surface area contributed by atoms with Crippen molar-refractivity contribution in [3.63, 3.8) is 0 Å². The summed E-state index contributed by atoms with van der Waals surface area (Å²) in [6.07, 6.45) is 0. The molecule has 2 aromatic rings. The topological polar surface area (TPSA) is 82.6 Å². The minimum atomic E-state index is -0.721. The van der Waals surface area contributed by atoms with E-state index in [1.807, 2.05) is 0 Å². The van der Waals surface area contributed by atoms with Gasteiger partial charge in [-0.3, -0.25) is 4.79 Å². The number of piperazine rings is 1. The lowest BCUT2D eigenvalue weighted by molar-refractivity contribution is -0.128. The molecule has 6 nitrogen and oxygen atoms in total. The summed E-state index contributed by atoms with van der Waals surface area (Å²) in [7, 11) is 0. The van der Waals surface area contributed by atoms with Crippen LogP contribution in [0.15, 0.2) is 65.3 Å². The molecule has 0 bridgehead atoms. The van der Waals surface area contributed by atoms with Crippen LogP contribution < -0.4 is 10.6 Å². The van der Waals surface area contributed by atoms with E-state index in [9.17, 15) is 14.4 Å². The lowest BCUT2D eigenvalue weighted by Crippen LogP contribution is -2.50. The van der Waals surface area contributed by atoms with Crippen molar-refractivity contribution < 1.29 is 13.9 Å². The number of anilines is 1. The number of nitriles is 1. The summed E-state index contributed by atoms with van der Waals surface area (Å²) in [4.78, 5) is 17.5. The molecule has 4 rings (SSSR count). The summed E-state index contributed by atoms with van der Waals surface area (Å²) in [6.45, 7) is 3.76. The van der Waals surface area contributed by atoms with Gasteiger partial charge in [-0.25, -0.2) is 4.39 Å². The number of amides is 1. The quantitative estimate of drug-likeness (QED) is 0.687. The number of allylic oxidation sites excluding steroid dienone is 2. The molecule has 9 heteroatoms. The van der Waals surface area contributed by atoms with E-state index in [4.69, 9.17) is 33.7 Å². The first kappa shape index (κ1) is 23.0. The smallest absolute Gasteiger partial charge is 0.254 e. The maximum Gasteiger partial charge on any atom is 0.254 e. The second kappa shape index (κ2) is 9.34. The molecule has 1 unspecified atom stereocenters. The number of nitrogens with two attached hydrogens (primary N) is 1. The highest BCUT2D eigenvalue weighted by Crippen LogP contribution is 2.41. The van der Waals surface area contributed by atoms with Crippen molar-refractivity contribution in [2.75, 3.05) is 31.1 Å². The molecule has 0 radical (unpaired) electrons. The van der Waals surface area contributed by atoms with Gasteiger partial charge in [-0.1, -0.05) is 29.3 Å². The Kier molecular flexibility index (Phi) is 6.50. The highest BCUT2D eigenvalue weighted by atomic mass is 35.5. The van der Waals surface area contributed by atoms with Gasteiger partial charge in [0.2, 0.25) is 5.88 Å². The molecule has 1 saturated heterocycles. The van der Waals surface area contributed by atoms with Gasteiger partial charge in [-0.2, -0.15) is 5.26 Å². The van der Waals surface area contributed by atoms with E-state index in [2.05, 4.69) is 11.0 Å². The van der Waals surface area contributed by atoms with E-state index >= 15 is 0 Å². The van der Waals surface area contributed by atoms with Gasteiger partial charge in [0, 0.05) is 31.9 Å². The van der Waals surface area contributed by atoms with Crippen LogP contribution in [-0.4, -0.2) is 37.0 Å². The lowest BCUT2D eigenvalue weighted by Gasteiger charge is -2.38. The van der Waals surface area contributed by atoms with Crippen LogP contribution in [0.1, 0.15) is 18.4 Å². The fourth-order valence-corrected chi connectivity index (χ4v) is 4.48. The fraction of sp³-hybridized carbons (Fsp3) is 0.250. The molecular weight excluding hydrogens is 466 g/mol. The maximum atomic E-state index is 13.6. The lowest BCUT2D eigenvalue weighted by atomic mass is 9.82. The minimum Gasteiger partial charge on any atom is -0.445 e. The molecule has 2 heterocycles. The largest absolute Gasteiger partial charge is 0.445 e. The number of carbonyl (C=O) groups is 1. The molecular formula is C24H21Cl2FN4O2. The summed E-state index contributed by atoms with van der Waals surface area (Å²) in [5.74, 6) is -0.942.